The Morgan fingerprint density at radius 1 is 1.22 bits per heavy atom. The van der Waals surface area contributed by atoms with Gasteiger partial charge in [-0.3, -0.25) is 4.79 Å². The van der Waals surface area contributed by atoms with Gasteiger partial charge < -0.3 is 5.32 Å². The second-order valence-electron chi connectivity index (χ2n) is 5.04. The molecule has 0 heterocycles. The van der Waals surface area contributed by atoms with Crippen LogP contribution in [-0.4, -0.2) is 11.9 Å². The Hall–Kier alpha value is -1.31. The van der Waals surface area contributed by atoms with E-state index in [2.05, 4.69) is 19.2 Å². The molecular formula is C16H25NO. The molecule has 0 fully saturated rings. The predicted octanol–water partition coefficient (Wildman–Crippen LogP) is 4.08. The van der Waals surface area contributed by atoms with Crippen molar-refractivity contribution in [2.24, 2.45) is 0 Å². The van der Waals surface area contributed by atoms with E-state index in [0.29, 0.717) is 0 Å². The van der Waals surface area contributed by atoms with Crippen LogP contribution in [0, 0.1) is 6.92 Å². The minimum Gasteiger partial charge on any atom is -0.350 e. The molecule has 0 unspecified atom stereocenters. The van der Waals surface area contributed by atoms with E-state index < -0.39 is 0 Å². The van der Waals surface area contributed by atoms with Gasteiger partial charge in [0, 0.05) is 11.6 Å². The van der Waals surface area contributed by atoms with Crippen molar-refractivity contribution in [1.29, 1.82) is 0 Å². The molecular weight excluding hydrogens is 222 g/mol. The maximum Gasteiger partial charge on any atom is 0.251 e. The van der Waals surface area contributed by atoms with E-state index in [9.17, 15) is 4.79 Å². The van der Waals surface area contributed by atoms with Gasteiger partial charge in [0.25, 0.3) is 5.91 Å². The van der Waals surface area contributed by atoms with Crippen LogP contribution in [0.25, 0.3) is 0 Å². The molecule has 2 heteroatoms. The average Bonchev–Trinajstić information content (AvgIpc) is 2.35. The van der Waals surface area contributed by atoms with E-state index in [1.165, 1.54) is 25.7 Å². The maximum absolute atomic E-state index is 12.1. The molecule has 100 valence electrons. The standard InChI is InChI=1S/C16H25NO/c1-4-5-6-7-11-14(3)17-16(18)15-12-9-8-10-13(15)2/h8-10,12,14H,4-7,11H2,1-3H3,(H,17,18)/t14-/m1/s1. The van der Waals surface area contributed by atoms with E-state index >= 15 is 0 Å². The van der Waals surface area contributed by atoms with Crippen molar-refractivity contribution in [2.75, 3.05) is 0 Å². The van der Waals surface area contributed by atoms with Gasteiger partial charge in [-0.05, 0) is 31.9 Å². The summed E-state index contributed by atoms with van der Waals surface area (Å²) in [5.41, 5.74) is 1.83. The van der Waals surface area contributed by atoms with Crippen LogP contribution in [-0.2, 0) is 0 Å². The molecule has 0 aliphatic carbocycles. The third kappa shape index (κ3) is 4.91. The summed E-state index contributed by atoms with van der Waals surface area (Å²) in [6.45, 7) is 6.27. The molecule has 1 aromatic rings. The first-order valence-electron chi connectivity index (χ1n) is 7.01. The van der Waals surface area contributed by atoms with E-state index in [1.807, 2.05) is 31.2 Å². The summed E-state index contributed by atoms with van der Waals surface area (Å²) >= 11 is 0. The first-order chi connectivity index (χ1) is 8.65. The van der Waals surface area contributed by atoms with Crippen LogP contribution in [0.4, 0.5) is 0 Å². The van der Waals surface area contributed by atoms with Crippen molar-refractivity contribution < 1.29 is 4.79 Å². The number of aryl methyl sites for hydroxylation is 1. The Bertz CT molecular complexity index is 373. The lowest BCUT2D eigenvalue weighted by Gasteiger charge is -2.14. The molecule has 0 aliphatic heterocycles. The zero-order valence-electron chi connectivity index (χ0n) is 11.8. The van der Waals surface area contributed by atoms with Crippen LogP contribution >= 0.6 is 0 Å². The minimum atomic E-state index is 0.0519. The van der Waals surface area contributed by atoms with Gasteiger partial charge in [-0.2, -0.15) is 0 Å². The summed E-state index contributed by atoms with van der Waals surface area (Å²) in [7, 11) is 0. The maximum atomic E-state index is 12.1. The van der Waals surface area contributed by atoms with E-state index in [-0.39, 0.29) is 11.9 Å². The highest BCUT2D eigenvalue weighted by Gasteiger charge is 2.10. The van der Waals surface area contributed by atoms with Crippen LogP contribution in [0.5, 0.6) is 0 Å². The van der Waals surface area contributed by atoms with Crippen molar-refractivity contribution in [3.63, 3.8) is 0 Å². The van der Waals surface area contributed by atoms with Crippen molar-refractivity contribution in [1.82, 2.24) is 5.32 Å². The fraction of sp³-hybridized carbons (Fsp3) is 0.562. The number of rotatable bonds is 7. The molecule has 0 bridgehead atoms. The molecule has 0 aliphatic rings. The second kappa shape index (κ2) is 7.91. The highest BCUT2D eigenvalue weighted by atomic mass is 16.1. The summed E-state index contributed by atoms with van der Waals surface area (Å²) in [4.78, 5) is 12.1. The molecule has 0 saturated heterocycles. The first kappa shape index (κ1) is 14.7. The number of carbonyl (C=O) groups excluding carboxylic acids is 1. The molecule has 1 N–H and O–H groups in total. The normalized spacial score (nSPS) is 12.2. The smallest absolute Gasteiger partial charge is 0.251 e. The molecule has 18 heavy (non-hydrogen) atoms. The molecule has 2 nitrogen and oxygen atoms in total. The van der Waals surface area contributed by atoms with Crippen molar-refractivity contribution in [3.05, 3.63) is 35.4 Å². The summed E-state index contributed by atoms with van der Waals surface area (Å²) in [6, 6.07) is 7.98. The van der Waals surface area contributed by atoms with E-state index in [0.717, 1.165) is 17.5 Å². The van der Waals surface area contributed by atoms with Crippen LogP contribution in [0.1, 0.15) is 61.9 Å². The summed E-state index contributed by atoms with van der Waals surface area (Å²) in [5, 5.41) is 3.07. The quantitative estimate of drug-likeness (QED) is 0.723. The molecule has 0 radical (unpaired) electrons. The Kier molecular flexibility index (Phi) is 6.48. The third-order valence-electron chi connectivity index (χ3n) is 3.26. The molecule has 1 atom stereocenters. The predicted molar refractivity (Wildman–Crippen MR) is 76.9 cm³/mol. The van der Waals surface area contributed by atoms with Gasteiger partial charge in [0.1, 0.15) is 0 Å². The number of benzene rings is 1. The highest BCUT2D eigenvalue weighted by Crippen LogP contribution is 2.09. The van der Waals surface area contributed by atoms with Gasteiger partial charge >= 0.3 is 0 Å². The summed E-state index contributed by atoms with van der Waals surface area (Å²) in [6.07, 6.45) is 6.07. The van der Waals surface area contributed by atoms with Crippen molar-refractivity contribution in [3.8, 4) is 0 Å². The van der Waals surface area contributed by atoms with Gasteiger partial charge in [0.15, 0.2) is 0 Å². The zero-order chi connectivity index (χ0) is 13.4. The lowest BCUT2D eigenvalue weighted by molar-refractivity contribution is 0.0937. The number of nitrogens with one attached hydrogen (secondary N) is 1. The van der Waals surface area contributed by atoms with Gasteiger partial charge in [0.05, 0.1) is 0 Å². The third-order valence-corrected chi connectivity index (χ3v) is 3.26. The molecule has 1 aromatic carbocycles. The van der Waals surface area contributed by atoms with Gasteiger partial charge in [-0.15, -0.1) is 0 Å². The first-order valence-corrected chi connectivity index (χ1v) is 7.01. The van der Waals surface area contributed by atoms with Gasteiger partial charge in [0.2, 0.25) is 0 Å². The SMILES string of the molecule is CCCCCC[C@@H](C)NC(=O)c1ccccc1C. The molecule has 1 amide bonds. The monoisotopic (exact) mass is 247 g/mol. The lowest BCUT2D eigenvalue weighted by Crippen LogP contribution is -2.32. The fourth-order valence-corrected chi connectivity index (χ4v) is 2.08. The Morgan fingerprint density at radius 3 is 2.61 bits per heavy atom. The topological polar surface area (TPSA) is 29.1 Å². The summed E-state index contributed by atoms with van der Waals surface area (Å²) < 4.78 is 0. The van der Waals surface area contributed by atoms with E-state index in [1.54, 1.807) is 0 Å². The average molecular weight is 247 g/mol. The largest absolute Gasteiger partial charge is 0.350 e. The fourth-order valence-electron chi connectivity index (χ4n) is 2.08. The zero-order valence-corrected chi connectivity index (χ0v) is 11.8. The lowest BCUT2D eigenvalue weighted by atomic mass is 10.1. The number of hydrogen-bond donors (Lipinski definition) is 1. The highest BCUT2D eigenvalue weighted by molar-refractivity contribution is 5.95. The Labute approximate surface area is 111 Å². The van der Waals surface area contributed by atoms with Crippen LogP contribution in [0.3, 0.4) is 0 Å². The number of unbranched alkanes of at least 4 members (excludes halogenated alkanes) is 3. The van der Waals surface area contributed by atoms with Crippen LogP contribution in [0.2, 0.25) is 0 Å². The number of hydrogen-bond acceptors (Lipinski definition) is 1. The van der Waals surface area contributed by atoms with Crippen LogP contribution < -0.4 is 5.32 Å². The van der Waals surface area contributed by atoms with E-state index in [4.69, 9.17) is 0 Å². The van der Waals surface area contributed by atoms with Crippen molar-refractivity contribution in [2.45, 2.75) is 58.9 Å². The van der Waals surface area contributed by atoms with Gasteiger partial charge in [-0.1, -0.05) is 50.8 Å². The number of carbonyl (C=O) groups is 1. The molecule has 0 saturated carbocycles. The van der Waals surface area contributed by atoms with Crippen LogP contribution in [0.15, 0.2) is 24.3 Å². The summed E-state index contributed by atoms with van der Waals surface area (Å²) in [5.74, 6) is 0.0519. The van der Waals surface area contributed by atoms with Crippen molar-refractivity contribution >= 4 is 5.91 Å². The van der Waals surface area contributed by atoms with Gasteiger partial charge in [-0.25, -0.2) is 0 Å². The Morgan fingerprint density at radius 2 is 1.94 bits per heavy atom. The molecule has 1 rings (SSSR count). The minimum absolute atomic E-state index is 0.0519. The Balaban J connectivity index is 2.38. The molecule has 0 aromatic heterocycles. The molecule has 0 spiro atoms. The number of amides is 1. The second-order valence-corrected chi connectivity index (χ2v) is 5.04.